The quantitative estimate of drug-likeness (QED) is 0.851. The summed E-state index contributed by atoms with van der Waals surface area (Å²) in [6, 6.07) is 4.67. The molecule has 2 aromatic rings. The van der Waals surface area contributed by atoms with E-state index in [-0.39, 0.29) is 17.4 Å². The molecule has 2 heterocycles. The lowest BCUT2D eigenvalue weighted by Crippen LogP contribution is -2.26. The van der Waals surface area contributed by atoms with Gasteiger partial charge in [-0.1, -0.05) is 0 Å². The molecule has 0 unspecified atom stereocenters. The van der Waals surface area contributed by atoms with Crippen LogP contribution in [0.2, 0.25) is 0 Å². The van der Waals surface area contributed by atoms with Gasteiger partial charge in [0, 0.05) is 36.9 Å². The Hall–Kier alpha value is -2.08. The summed E-state index contributed by atoms with van der Waals surface area (Å²) in [5.74, 6) is -0.0540. The first-order valence-electron chi connectivity index (χ1n) is 6.88. The Kier molecular flexibility index (Phi) is 3.79. The minimum Gasteiger partial charge on any atom is -0.504 e. The van der Waals surface area contributed by atoms with Gasteiger partial charge in [0.2, 0.25) is 5.91 Å². The Morgan fingerprint density at radius 2 is 2.14 bits per heavy atom. The molecule has 0 radical (unpaired) electrons. The normalized spacial score (nSPS) is 14.9. The third kappa shape index (κ3) is 3.00. The van der Waals surface area contributed by atoms with Crippen molar-refractivity contribution in [2.75, 3.05) is 13.1 Å². The number of amides is 1. The van der Waals surface area contributed by atoms with Crippen molar-refractivity contribution in [1.82, 2.24) is 9.88 Å². The number of aromatic hydroxyl groups is 2. The lowest BCUT2D eigenvalue weighted by molar-refractivity contribution is -0.127. The topological polar surface area (TPSA) is 73.7 Å². The Morgan fingerprint density at radius 1 is 1.29 bits per heavy atom. The van der Waals surface area contributed by atoms with Crippen LogP contribution in [0.3, 0.4) is 0 Å². The zero-order valence-corrected chi connectivity index (χ0v) is 12.3. The molecule has 2 N–H and O–H groups in total. The monoisotopic (exact) mass is 304 g/mol. The molecule has 110 valence electrons. The molecule has 3 rings (SSSR count). The average molecular weight is 304 g/mol. The van der Waals surface area contributed by atoms with Crippen LogP contribution in [0.4, 0.5) is 0 Å². The van der Waals surface area contributed by atoms with E-state index in [4.69, 9.17) is 0 Å². The van der Waals surface area contributed by atoms with E-state index in [1.54, 1.807) is 17.4 Å². The highest BCUT2D eigenvalue weighted by Crippen LogP contribution is 2.31. The predicted molar refractivity (Wildman–Crippen MR) is 80.4 cm³/mol. The van der Waals surface area contributed by atoms with Gasteiger partial charge in [-0.05, 0) is 24.6 Å². The van der Waals surface area contributed by atoms with Crippen LogP contribution in [0.1, 0.15) is 17.8 Å². The van der Waals surface area contributed by atoms with Crippen molar-refractivity contribution in [1.29, 1.82) is 0 Å². The zero-order chi connectivity index (χ0) is 14.8. The summed E-state index contributed by atoms with van der Waals surface area (Å²) in [5, 5.41) is 21.7. The number of carbonyl (C=O) groups is 1. The molecule has 0 aliphatic carbocycles. The number of rotatable bonds is 4. The first-order chi connectivity index (χ1) is 10.1. The first-order valence-corrected chi connectivity index (χ1v) is 7.76. The number of phenolic OH excluding ortho intramolecular Hbond substituents is 2. The van der Waals surface area contributed by atoms with Gasteiger partial charge in [0.1, 0.15) is 0 Å². The molecular formula is C15H16N2O3S. The molecule has 6 heteroatoms. The molecule has 0 spiro atoms. The van der Waals surface area contributed by atoms with Crippen molar-refractivity contribution in [2.24, 2.45) is 0 Å². The van der Waals surface area contributed by atoms with Gasteiger partial charge in [-0.2, -0.15) is 0 Å². The summed E-state index contributed by atoms with van der Waals surface area (Å²) in [6.07, 6.45) is 2.37. The van der Waals surface area contributed by atoms with Crippen molar-refractivity contribution >= 4 is 17.2 Å². The van der Waals surface area contributed by atoms with Crippen LogP contribution in [-0.2, 0) is 11.2 Å². The molecule has 1 fully saturated rings. The van der Waals surface area contributed by atoms with E-state index >= 15 is 0 Å². The Bertz CT molecular complexity index is 669. The molecule has 1 aromatic heterocycles. The highest BCUT2D eigenvalue weighted by molar-refractivity contribution is 7.09. The number of nitrogens with zero attached hydrogens (tertiary/aromatic N) is 2. The second-order valence-electron chi connectivity index (χ2n) is 5.06. The molecule has 1 saturated heterocycles. The minimum atomic E-state index is -0.148. The SMILES string of the molecule is O=C1CCCN1CCc1nc(-c2ccc(O)c(O)c2)cs1. The standard InChI is InChI=1S/C15H16N2O3S/c18-12-4-3-10(8-13(12)19)11-9-21-14(16-11)5-7-17-6-1-2-15(17)20/h3-4,8-9,18-19H,1-2,5-7H2. The fourth-order valence-corrected chi connectivity index (χ4v) is 3.21. The average Bonchev–Trinajstić information content (AvgIpc) is 3.09. The molecular weight excluding hydrogens is 288 g/mol. The van der Waals surface area contributed by atoms with Gasteiger partial charge < -0.3 is 15.1 Å². The van der Waals surface area contributed by atoms with Crippen LogP contribution < -0.4 is 0 Å². The summed E-state index contributed by atoms with van der Waals surface area (Å²) >= 11 is 1.55. The van der Waals surface area contributed by atoms with Crippen molar-refractivity contribution < 1.29 is 15.0 Å². The van der Waals surface area contributed by atoms with Gasteiger partial charge in [-0.25, -0.2) is 4.98 Å². The van der Waals surface area contributed by atoms with E-state index in [9.17, 15) is 15.0 Å². The van der Waals surface area contributed by atoms with Crippen molar-refractivity contribution in [2.45, 2.75) is 19.3 Å². The van der Waals surface area contributed by atoms with Gasteiger partial charge >= 0.3 is 0 Å². The summed E-state index contributed by atoms with van der Waals surface area (Å²) < 4.78 is 0. The molecule has 0 atom stereocenters. The van der Waals surface area contributed by atoms with Crippen LogP contribution in [0.5, 0.6) is 11.5 Å². The van der Waals surface area contributed by atoms with Crippen molar-refractivity contribution in [3.05, 3.63) is 28.6 Å². The summed E-state index contributed by atoms with van der Waals surface area (Å²) in [4.78, 5) is 18.0. The second kappa shape index (κ2) is 5.73. The Balaban J connectivity index is 1.68. The molecule has 1 aliphatic rings. The van der Waals surface area contributed by atoms with E-state index in [0.29, 0.717) is 13.0 Å². The number of phenols is 2. The molecule has 0 bridgehead atoms. The summed E-state index contributed by atoms with van der Waals surface area (Å²) in [6.45, 7) is 1.56. The van der Waals surface area contributed by atoms with E-state index in [1.807, 2.05) is 10.3 Å². The Labute approximate surface area is 126 Å². The summed E-state index contributed by atoms with van der Waals surface area (Å²) in [7, 11) is 0. The third-order valence-electron chi connectivity index (χ3n) is 3.59. The van der Waals surface area contributed by atoms with Gasteiger partial charge in [0.05, 0.1) is 10.7 Å². The first kappa shape index (κ1) is 13.9. The van der Waals surface area contributed by atoms with Crippen LogP contribution in [-0.4, -0.2) is 39.1 Å². The largest absolute Gasteiger partial charge is 0.504 e. The maximum Gasteiger partial charge on any atom is 0.222 e. The molecule has 1 aromatic carbocycles. The maximum atomic E-state index is 11.5. The van der Waals surface area contributed by atoms with E-state index in [2.05, 4.69) is 4.98 Å². The molecule has 21 heavy (non-hydrogen) atoms. The number of likely N-dealkylation sites (tertiary alicyclic amines) is 1. The molecule has 0 saturated carbocycles. The number of benzene rings is 1. The van der Waals surface area contributed by atoms with E-state index < -0.39 is 0 Å². The highest BCUT2D eigenvalue weighted by atomic mass is 32.1. The fourth-order valence-electron chi connectivity index (χ4n) is 2.41. The van der Waals surface area contributed by atoms with Gasteiger partial charge in [-0.15, -0.1) is 11.3 Å². The lowest BCUT2D eigenvalue weighted by Gasteiger charge is -2.13. The van der Waals surface area contributed by atoms with Gasteiger partial charge in [0.25, 0.3) is 0 Å². The van der Waals surface area contributed by atoms with Crippen molar-refractivity contribution in [3.63, 3.8) is 0 Å². The molecule has 1 amide bonds. The number of carbonyl (C=O) groups excluding carboxylic acids is 1. The smallest absolute Gasteiger partial charge is 0.222 e. The van der Waals surface area contributed by atoms with E-state index in [0.717, 1.165) is 35.7 Å². The van der Waals surface area contributed by atoms with Gasteiger partial charge in [0.15, 0.2) is 11.5 Å². The van der Waals surface area contributed by atoms with Crippen molar-refractivity contribution in [3.8, 4) is 22.8 Å². The van der Waals surface area contributed by atoms with E-state index in [1.165, 1.54) is 12.1 Å². The third-order valence-corrected chi connectivity index (χ3v) is 4.50. The van der Waals surface area contributed by atoms with Crippen LogP contribution in [0.15, 0.2) is 23.6 Å². The predicted octanol–water partition coefficient (Wildman–Crippen LogP) is 2.39. The minimum absolute atomic E-state index is 0.137. The molecule has 5 nitrogen and oxygen atoms in total. The van der Waals surface area contributed by atoms with Crippen LogP contribution in [0.25, 0.3) is 11.3 Å². The highest BCUT2D eigenvalue weighted by Gasteiger charge is 2.19. The Morgan fingerprint density at radius 3 is 2.86 bits per heavy atom. The number of hydrogen-bond acceptors (Lipinski definition) is 5. The second-order valence-corrected chi connectivity index (χ2v) is 6.01. The summed E-state index contributed by atoms with van der Waals surface area (Å²) in [5.41, 5.74) is 1.54. The van der Waals surface area contributed by atoms with Gasteiger partial charge in [-0.3, -0.25) is 4.79 Å². The molecule has 1 aliphatic heterocycles. The zero-order valence-electron chi connectivity index (χ0n) is 11.5. The number of hydrogen-bond donors (Lipinski definition) is 2. The van der Waals surface area contributed by atoms with Crippen LogP contribution >= 0.6 is 11.3 Å². The van der Waals surface area contributed by atoms with Crippen LogP contribution in [0, 0.1) is 0 Å². The number of thiazole rings is 1. The lowest BCUT2D eigenvalue weighted by atomic mass is 10.1. The number of aromatic nitrogens is 1. The maximum absolute atomic E-state index is 11.5. The fraction of sp³-hybridized carbons (Fsp3) is 0.333.